The molecule has 0 spiro atoms. The van der Waals surface area contributed by atoms with Crippen LogP contribution < -0.4 is 15.1 Å². The number of para-hydroxylation sites is 1. The smallest absolute Gasteiger partial charge is 0.282 e. The maximum atomic E-state index is 13.7. The first-order valence-electron chi connectivity index (χ1n) is 12.8. The van der Waals surface area contributed by atoms with Crippen molar-refractivity contribution in [2.24, 2.45) is 4.99 Å². The molecule has 0 atom stereocenters. The normalized spacial score (nSPS) is 13.9. The van der Waals surface area contributed by atoms with E-state index >= 15 is 0 Å². The van der Waals surface area contributed by atoms with Crippen molar-refractivity contribution < 1.29 is 9.59 Å². The topological polar surface area (TPSA) is 65.0 Å². The Morgan fingerprint density at radius 2 is 1.46 bits per heavy atom. The van der Waals surface area contributed by atoms with E-state index in [1.54, 1.807) is 35.2 Å². The first-order valence-corrected chi connectivity index (χ1v) is 12.8. The molecule has 0 saturated heterocycles. The van der Waals surface area contributed by atoms with Crippen LogP contribution in [0.2, 0.25) is 0 Å². The van der Waals surface area contributed by atoms with Gasteiger partial charge in [-0.15, -0.1) is 0 Å². The van der Waals surface area contributed by atoms with Gasteiger partial charge >= 0.3 is 0 Å². The van der Waals surface area contributed by atoms with Crippen molar-refractivity contribution >= 4 is 40.8 Å². The quantitative estimate of drug-likeness (QED) is 0.301. The van der Waals surface area contributed by atoms with Gasteiger partial charge in [-0.2, -0.15) is 0 Å². The Morgan fingerprint density at radius 3 is 2.08 bits per heavy atom. The minimum Gasteiger partial charge on any atom is -0.378 e. The molecule has 0 bridgehead atoms. The van der Waals surface area contributed by atoms with Crippen molar-refractivity contribution in [1.82, 2.24) is 0 Å². The van der Waals surface area contributed by atoms with E-state index in [2.05, 4.69) is 5.32 Å². The maximum Gasteiger partial charge on any atom is 0.282 e. The summed E-state index contributed by atoms with van der Waals surface area (Å²) in [6.45, 7) is 3.94. The molecular weight excluding hydrogens is 484 g/mol. The molecule has 6 nitrogen and oxygen atoms in total. The number of aryl methyl sites for hydroxylation is 2. The van der Waals surface area contributed by atoms with Gasteiger partial charge in [0.2, 0.25) is 0 Å². The third kappa shape index (κ3) is 5.36. The molecule has 0 fully saturated rings. The standard InChI is InChI=1S/C33H30N4O2/c1-22-9-8-10-23(2)30(22)35-32(38)26-15-19-28(20-16-26)37-31(25-11-6-5-7-12-25)34-29(33(37)39)21-24-13-17-27(18-14-24)36(3)4/h5-21H,1-4H3,(H,35,38). The molecule has 0 aliphatic carbocycles. The molecule has 0 saturated carbocycles. The van der Waals surface area contributed by atoms with Gasteiger partial charge in [0.05, 0.1) is 5.69 Å². The van der Waals surface area contributed by atoms with Crippen molar-refractivity contribution in [3.63, 3.8) is 0 Å². The number of hydrogen-bond acceptors (Lipinski definition) is 4. The molecular formula is C33H30N4O2. The molecule has 0 radical (unpaired) electrons. The lowest BCUT2D eigenvalue weighted by atomic mass is 10.1. The highest BCUT2D eigenvalue weighted by molar-refractivity contribution is 6.33. The highest BCUT2D eigenvalue weighted by Gasteiger charge is 2.32. The lowest BCUT2D eigenvalue weighted by Crippen LogP contribution is -2.32. The Kier molecular flexibility index (Phi) is 7.10. The van der Waals surface area contributed by atoms with Gasteiger partial charge in [-0.25, -0.2) is 4.99 Å². The molecule has 5 rings (SSSR count). The van der Waals surface area contributed by atoms with E-state index in [4.69, 9.17) is 4.99 Å². The van der Waals surface area contributed by atoms with E-state index in [0.29, 0.717) is 22.8 Å². The lowest BCUT2D eigenvalue weighted by molar-refractivity contribution is -0.113. The number of hydrogen-bond donors (Lipinski definition) is 1. The number of benzene rings is 4. The Hall–Kier alpha value is -4.97. The molecule has 6 heteroatoms. The number of carbonyl (C=O) groups excluding carboxylic acids is 2. The Balaban J connectivity index is 1.45. The summed E-state index contributed by atoms with van der Waals surface area (Å²) in [5, 5.41) is 3.02. The summed E-state index contributed by atoms with van der Waals surface area (Å²) in [5.74, 6) is 0.119. The van der Waals surface area contributed by atoms with Gasteiger partial charge in [0, 0.05) is 36.6 Å². The van der Waals surface area contributed by atoms with Gasteiger partial charge in [-0.05, 0) is 73.0 Å². The van der Waals surface area contributed by atoms with Crippen LogP contribution in [0.25, 0.3) is 6.08 Å². The van der Waals surface area contributed by atoms with Crippen LogP contribution in [0.4, 0.5) is 17.1 Å². The second-order valence-electron chi connectivity index (χ2n) is 9.73. The molecule has 0 aromatic heterocycles. The van der Waals surface area contributed by atoms with Crippen LogP contribution in [0.3, 0.4) is 0 Å². The van der Waals surface area contributed by atoms with Gasteiger partial charge < -0.3 is 10.2 Å². The first-order chi connectivity index (χ1) is 18.8. The fourth-order valence-corrected chi connectivity index (χ4v) is 4.52. The number of carbonyl (C=O) groups is 2. The molecule has 0 unspecified atom stereocenters. The monoisotopic (exact) mass is 514 g/mol. The van der Waals surface area contributed by atoms with Crippen LogP contribution in [0.15, 0.2) is 108 Å². The van der Waals surface area contributed by atoms with Crippen molar-refractivity contribution in [3.8, 4) is 0 Å². The summed E-state index contributed by atoms with van der Waals surface area (Å²) in [7, 11) is 3.97. The summed E-state index contributed by atoms with van der Waals surface area (Å²) >= 11 is 0. The first kappa shape index (κ1) is 25.7. The largest absolute Gasteiger partial charge is 0.378 e. The summed E-state index contributed by atoms with van der Waals surface area (Å²) in [6.07, 6.45) is 1.80. The Bertz CT molecular complexity index is 1570. The average Bonchev–Trinajstić information content (AvgIpc) is 3.27. The molecule has 194 valence electrons. The van der Waals surface area contributed by atoms with Gasteiger partial charge in [-0.3, -0.25) is 14.5 Å². The highest BCUT2D eigenvalue weighted by Crippen LogP contribution is 2.29. The van der Waals surface area contributed by atoms with E-state index in [0.717, 1.165) is 33.6 Å². The fraction of sp³-hybridized carbons (Fsp3) is 0.121. The van der Waals surface area contributed by atoms with E-state index in [1.807, 2.05) is 106 Å². The van der Waals surface area contributed by atoms with Crippen molar-refractivity contribution in [1.29, 1.82) is 0 Å². The number of rotatable bonds is 6. The SMILES string of the molecule is Cc1cccc(C)c1NC(=O)c1ccc(N2C(=O)C(=Cc3ccc(N(C)C)cc3)N=C2c2ccccc2)cc1. The predicted octanol–water partition coefficient (Wildman–Crippen LogP) is 6.46. The lowest BCUT2D eigenvalue weighted by Gasteiger charge is -2.19. The molecule has 1 N–H and O–H groups in total. The second-order valence-corrected chi connectivity index (χ2v) is 9.73. The minimum absolute atomic E-state index is 0.203. The second kappa shape index (κ2) is 10.8. The number of nitrogens with zero attached hydrogens (tertiary/aromatic N) is 3. The van der Waals surface area contributed by atoms with Gasteiger partial charge in [0.25, 0.3) is 11.8 Å². The third-order valence-electron chi connectivity index (χ3n) is 6.71. The van der Waals surface area contributed by atoms with Crippen molar-refractivity contribution in [2.75, 3.05) is 29.2 Å². The average molecular weight is 515 g/mol. The summed E-state index contributed by atoms with van der Waals surface area (Å²) < 4.78 is 0. The van der Waals surface area contributed by atoms with Crippen LogP contribution in [0.1, 0.15) is 32.6 Å². The zero-order valence-corrected chi connectivity index (χ0v) is 22.5. The molecule has 1 heterocycles. The fourth-order valence-electron chi connectivity index (χ4n) is 4.52. The Morgan fingerprint density at radius 1 is 0.821 bits per heavy atom. The van der Waals surface area contributed by atoms with Gasteiger partial charge in [0.15, 0.2) is 0 Å². The zero-order chi connectivity index (χ0) is 27.5. The molecule has 2 amide bonds. The molecule has 4 aromatic carbocycles. The number of amides is 2. The van der Waals surface area contributed by atoms with Crippen LogP contribution in [0, 0.1) is 13.8 Å². The van der Waals surface area contributed by atoms with Crippen LogP contribution in [-0.2, 0) is 4.79 Å². The number of aliphatic imine (C=N–C) groups is 1. The summed E-state index contributed by atoms with van der Waals surface area (Å²) in [6, 6.07) is 30.5. The highest BCUT2D eigenvalue weighted by atomic mass is 16.2. The minimum atomic E-state index is -0.224. The van der Waals surface area contributed by atoms with Crippen molar-refractivity contribution in [2.45, 2.75) is 13.8 Å². The Labute approximate surface area is 228 Å². The van der Waals surface area contributed by atoms with Gasteiger partial charge in [-0.1, -0.05) is 60.7 Å². The van der Waals surface area contributed by atoms with E-state index in [9.17, 15) is 9.59 Å². The van der Waals surface area contributed by atoms with Crippen LogP contribution >= 0.6 is 0 Å². The third-order valence-corrected chi connectivity index (χ3v) is 6.71. The van der Waals surface area contributed by atoms with E-state index in [-0.39, 0.29) is 11.8 Å². The van der Waals surface area contributed by atoms with Crippen LogP contribution in [-0.4, -0.2) is 31.7 Å². The molecule has 1 aliphatic heterocycles. The zero-order valence-electron chi connectivity index (χ0n) is 22.5. The van der Waals surface area contributed by atoms with Crippen molar-refractivity contribution in [3.05, 3.63) is 131 Å². The van der Waals surface area contributed by atoms with Crippen LogP contribution in [0.5, 0.6) is 0 Å². The van der Waals surface area contributed by atoms with Gasteiger partial charge in [0.1, 0.15) is 11.5 Å². The number of nitrogens with one attached hydrogen (secondary N) is 1. The maximum absolute atomic E-state index is 13.7. The molecule has 39 heavy (non-hydrogen) atoms. The van der Waals surface area contributed by atoms with E-state index in [1.165, 1.54) is 0 Å². The number of amidine groups is 1. The molecule has 1 aliphatic rings. The van der Waals surface area contributed by atoms with E-state index < -0.39 is 0 Å². The number of anilines is 3. The molecule has 4 aromatic rings. The predicted molar refractivity (Wildman–Crippen MR) is 160 cm³/mol. The summed E-state index contributed by atoms with van der Waals surface area (Å²) in [5.41, 5.74) is 7.10. The summed E-state index contributed by atoms with van der Waals surface area (Å²) in [4.78, 5) is 35.0.